The molecule has 0 bridgehead atoms. The fraction of sp³-hybridized carbons (Fsp3) is 0.269. The van der Waals surface area contributed by atoms with Gasteiger partial charge in [0.25, 0.3) is 5.91 Å². The van der Waals surface area contributed by atoms with Crippen LogP contribution in [-0.4, -0.2) is 75.9 Å². The molecular weight excluding hydrogens is 527 g/mol. The van der Waals surface area contributed by atoms with Crippen LogP contribution in [0.25, 0.3) is 22.4 Å². The van der Waals surface area contributed by atoms with E-state index in [-0.39, 0.29) is 11.8 Å². The molecule has 10 nitrogen and oxygen atoms in total. The summed E-state index contributed by atoms with van der Waals surface area (Å²) in [5.41, 5.74) is 2.57. The second-order valence-electron chi connectivity index (χ2n) is 8.85. The van der Waals surface area contributed by atoms with Gasteiger partial charge in [0.2, 0.25) is 5.91 Å². The van der Waals surface area contributed by atoms with Crippen LogP contribution < -0.4 is 15.5 Å². The average Bonchev–Trinajstić information content (AvgIpc) is 3.36. The molecule has 1 saturated heterocycles. The van der Waals surface area contributed by atoms with Crippen molar-refractivity contribution >= 4 is 57.6 Å². The van der Waals surface area contributed by atoms with Crippen molar-refractivity contribution in [1.82, 2.24) is 30.2 Å². The Morgan fingerprint density at radius 1 is 1.00 bits per heavy atom. The van der Waals surface area contributed by atoms with Crippen LogP contribution in [0.1, 0.15) is 17.4 Å². The molecule has 5 rings (SSSR count). The minimum absolute atomic E-state index is 0.104. The molecule has 2 amide bonds. The summed E-state index contributed by atoms with van der Waals surface area (Å²) in [5, 5.41) is 7.70. The number of piperazine rings is 1. The zero-order valence-corrected chi connectivity index (χ0v) is 22.2. The number of fused-ring (bicyclic) bond motifs is 1. The van der Waals surface area contributed by atoms with Gasteiger partial charge in [-0.25, -0.2) is 9.97 Å². The average molecular weight is 553 g/mol. The number of pyridine rings is 1. The molecule has 0 atom stereocenters. The van der Waals surface area contributed by atoms with Gasteiger partial charge >= 0.3 is 0 Å². The number of nitrogens with zero attached hydrogens (tertiary/aromatic N) is 5. The van der Waals surface area contributed by atoms with E-state index >= 15 is 0 Å². The predicted octanol–water partition coefficient (Wildman–Crippen LogP) is 3.84. The molecule has 4 heterocycles. The van der Waals surface area contributed by atoms with Gasteiger partial charge in [-0.15, -0.1) is 0 Å². The van der Waals surface area contributed by atoms with Gasteiger partial charge in [-0.1, -0.05) is 53.5 Å². The summed E-state index contributed by atoms with van der Waals surface area (Å²) in [4.78, 5) is 45.2. The minimum atomic E-state index is -0.125. The molecule has 1 aromatic carbocycles. The number of carbonyl (C=O) groups is 2. The van der Waals surface area contributed by atoms with E-state index in [0.717, 1.165) is 11.3 Å². The maximum Gasteiger partial charge on any atom is 0.270 e. The molecule has 3 aromatic heterocycles. The van der Waals surface area contributed by atoms with Crippen molar-refractivity contribution in [1.29, 1.82) is 0 Å². The molecule has 0 unspecified atom stereocenters. The zero-order valence-electron chi connectivity index (χ0n) is 20.7. The van der Waals surface area contributed by atoms with Crippen molar-refractivity contribution < 1.29 is 9.59 Å². The number of carbonyl (C=O) groups excluding carboxylic acids is 2. The number of halogens is 2. The lowest BCUT2D eigenvalue weighted by atomic mass is 10.2. The molecule has 0 spiro atoms. The fourth-order valence-corrected chi connectivity index (χ4v) is 5.01. The van der Waals surface area contributed by atoms with E-state index < -0.39 is 0 Å². The fourth-order valence-electron chi connectivity index (χ4n) is 4.41. The third-order valence-electron chi connectivity index (χ3n) is 6.25. The number of hydrogen-bond acceptors (Lipinski definition) is 7. The van der Waals surface area contributed by atoms with Crippen LogP contribution >= 0.6 is 23.2 Å². The van der Waals surface area contributed by atoms with E-state index in [2.05, 4.69) is 25.5 Å². The first-order valence-corrected chi connectivity index (χ1v) is 12.9. The van der Waals surface area contributed by atoms with Gasteiger partial charge in [0.05, 0.1) is 21.1 Å². The second-order valence-corrected chi connectivity index (χ2v) is 9.66. The summed E-state index contributed by atoms with van der Waals surface area (Å²) in [5.74, 6) is 0.884. The number of anilines is 2. The largest absolute Gasteiger partial charge is 0.368 e. The highest BCUT2D eigenvalue weighted by molar-refractivity contribution is 6.38. The molecule has 196 valence electrons. The summed E-state index contributed by atoms with van der Waals surface area (Å²) in [6.45, 7) is 4.56. The molecule has 0 saturated carbocycles. The van der Waals surface area contributed by atoms with Crippen LogP contribution in [0.4, 0.5) is 11.5 Å². The Kier molecular flexibility index (Phi) is 7.62. The van der Waals surface area contributed by atoms with Crippen LogP contribution in [0.15, 0.2) is 48.8 Å². The number of hydrogen-bond donors (Lipinski definition) is 3. The topological polar surface area (TPSA) is 119 Å². The van der Waals surface area contributed by atoms with Gasteiger partial charge in [-0.2, -0.15) is 0 Å². The number of benzene rings is 1. The summed E-state index contributed by atoms with van der Waals surface area (Å²) in [6, 6.07) is 11.4. The van der Waals surface area contributed by atoms with Gasteiger partial charge in [0.15, 0.2) is 5.82 Å². The van der Waals surface area contributed by atoms with Gasteiger partial charge in [-0.05, 0) is 6.07 Å². The number of amides is 2. The Hall–Kier alpha value is -3.89. The van der Waals surface area contributed by atoms with Crippen molar-refractivity contribution in [2.45, 2.75) is 6.92 Å². The summed E-state index contributed by atoms with van der Waals surface area (Å²) in [7, 11) is 0. The Bertz CT molecular complexity index is 1450. The van der Waals surface area contributed by atoms with E-state index in [1.807, 2.05) is 30.3 Å². The summed E-state index contributed by atoms with van der Waals surface area (Å²) in [6.07, 6.45) is 3.13. The van der Waals surface area contributed by atoms with E-state index in [9.17, 15) is 9.59 Å². The van der Waals surface area contributed by atoms with Crippen LogP contribution in [0.2, 0.25) is 10.0 Å². The van der Waals surface area contributed by atoms with Crippen molar-refractivity contribution in [3.63, 3.8) is 0 Å². The quantitative estimate of drug-likeness (QED) is 0.298. The highest BCUT2D eigenvalue weighted by Crippen LogP contribution is 2.33. The summed E-state index contributed by atoms with van der Waals surface area (Å²) >= 11 is 12.6. The Labute approximate surface area is 229 Å². The second kappa shape index (κ2) is 11.2. The van der Waals surface area contributed by atoms with Crippen molar-refractivity contribution in [3.05, 3.63) is 64.5 Å². The monoisotopic (exact) mass is 552 g/mol. The van der Waals surface area contributed by atoms with Crippen LogP contribution in [0.3, 0.4) is 0 Å². The van der Waals surface area contributed by atoms with E-state index in [1.165, 1.54) is 6.92 Å². The Morgan fingerprint density at radius 2 is 1.71 bits per heavy atom. The molecule has 3 N–H and O–H groups in total. The number of rotatable bonds is 7. The molecule has 1 aliphatic heterocycles. The van der Waals surface area contributed by atoms with Crippen LogP contribution in [0.5, 0.6) is 0 Å². The molecular formula is C26H26Cl2N8O2. The lowest BCUT2D eigenvalue weighted by Crippen LogP contribution is -2.49. The van der Waals surface area contributed by atoms with Gasteiger partial charge < -0.3 is 25.4 Å². The third kappa shape index (κ3) is 5.51. The molecule has 4 aromatic rings. The predicted molar refractivity (Wildman–Crippen MR) is 149 cm³/mol. The molecule has 1 aliphatic rings. The number of nitrogens with one attached hydrogen (secondary N) is 3. The summed E-state index contributed by atoms with van der Waals surface area (Å²) < 4.78 is 0. The SMILES string of the molecule is CC(=O)NCCNc1nc(-c2ccccc2)nc2[nH]c(C(=O)N3CCN(c4c(Cl)cncc4Cl)CC3)cc12. The lowest BCUT2D eigenvalue weighted by Gasteiger charge is -2.36. The number of aromatic amines is 1. The van der Waals surface area contributed by atoms with E-state index in [1.54, 1.807) is 23.4 Å². The van der Waals surface area contributed by atoms with Gasteiger partial charge in [-0.3, -0.25) is 14.6 Å². The Morgan fingerprint density at radius 3 is 2.39 bits per heavy atom. The molecule has 1 fully saturated rings. The van der Waals surface area contributed by atoms with Crippen molar-refractivity contribution in [2.24, 2.45) is 0 Å². The normalized spacial score (nSPS) is 13.6. The molecule has 0 radical (unpaired) electrons. The van der Waals surface area contributed by atoms with Gasteiger partial charge in [0, 0.05) is 64.1 Å². The van der Waals surface area contributed by atoms with Gasteiger partial charge in [0.1, 0.15) is 17.2 Å². The highest BCUT2D eigenvalue weighted by Gasteiger charge is 2.26. The molecule has 12 heteroatoms. The van der Waals surface area contributed by atoms with Crippen molar-refractivity contribution in [2.75, 3.05) is 49.5 Å². The van der Waals surface area contributed by atoms with E-state index in [4.69, 9.17) is 33.2 Å². The first-order valence-electron chi connectivity index (χ1n) is 12.2. The minimum Gasteiger partial charge on any atom is -0.368 e. The van der Waals surface area contributed by atoms with Crippen LogP contribution in [-0.2, 0) is 4.79 Å². The number of aromatic nitrogens is 4. The first kappa shape index (κ1) is 25.7. The lowest BCUT2D eigenvalue weighted by molar-refractivity contribution is -0.118. The zero-order chi connectivity index (χ0) is 26.6. The maximum absolute atomic E-state index is 13.4. The standard InChI is InChI=1S/C26H26Cl2N8O2/c1-16(37)30-7-8-31-24-18-13-21(32-25(18)34-23(33-24)17-5-3-2-4-6-17)26(38)36-11-9-35(10-12-36)22-19(27)14-29-15-20(22)28/h2-6,13-15H,7-12H2,1H3,(H,30,37)(H2,31,32,33,34). The van der Waals surface area contributed by atoms with Crippen molar-refractivity contribution in [3.8, 4) is 11.4 Å². The first-order chi connectivity index (χ1) is 18.4. The number of H-pyrrole nitrogens is 1. The molecule has 38 heavy (non-hydrogen) atoms. The molecule has 0 aliphatic carbocycles. The smallest absolute Gasteiger partial charge is 0.270 e. The maximum atomic E-state index is 13.4. The van der Waals surface area contributed by atoms with Crippen LogP contribution in [0, 0.1) is 0 Å². The third-order valence-corrected chi connectivity index (χ3v) is 6.81. The highest BCUT2D eigenvalue weighted by atomic mass is 35.5. The van der Waals surface area contributed by atoms with E-state index in [0.29, 0.717) is 77.7 Å². The Balaban J connectivity index is 1.37.